The number of rotatable bonds is 32. The standard InChI is InChI=1S/C54H82N3O10PSi2/c1-10-12-29-66-68(59,67-30-13-11-2)44-65-49-26-20-25-47(35-49)39-56-50(36-45-21-16-14-17-22-45)53(64-43-62-32-34-70(7,8)9)41-55(38-46-23-18-15-19-24-46)57(54(56)58)40-48-27-28-51(52(37-48)60-3)63-42-61-31-33-69(4,5)6/h14-28,35,37,50,53H,10-13,29-34,36,38-44H2,1-9H3/t50-,53-/m1/s1. The molecule has 16 heteroatoms. The predicted molar refractivity (Wildman–Crippen MR) is 285 cm³/mol. The third-order valence-electron chi connectivity index (χ3n) is 12.0. The van der Waals surface area contributed by atoms with Crippen molar-refractivity contribution in [3.05, 3.63) is 125 Å². The van der Waals surface area contributed by atoms with Crippen molar-refractivity contribution in [3.63, 3.8) is 0 Å². The number of unbranched alkanes of at least 4 members (excludes halogenated alkanes) is 2. The van der Waals surface area contributed by atoms with Gasteiger partial charge in [0.15, 0.2) is 24.6 Å². The summed E-state index contributed by atoms with van der Waals surface area (Å²) in [5, 5.41) is 3.95. The summed E-state index contributed by atoms with van der Waals surface area (Å²) < 4.78 is 62.6. The molecule has 0 bridgehead atoms. The van der Waals surface area contributed by atoms with Crippen LogP contribution in [0.4, 0.5) is 4.79 Å². The summed E-state index contributed by atoms with van der Waals surface area (Å²) in [6.07, 6.45) is 3.17. The van der Waals surface area contributed by atoms with Gasteiger partial charge >= 0.3 is 13.6 Å². The first-order valence-electron chi connectivity index (χ1n) is 25.2. The van der Waals surface area contributed by atoms with Crippen LogP contribution in [-0.4, -0.2) is 109 Å². The molecule has 0 radical (unpaired) electrons. The summed E-state index contributed by atoms with van der Waals surface area (Å²) in [7, 11) is -4.53. The lowest BCUT2D eigenvalue weighted by atomic mass is 9.98. The Hall–Kier alpha value is -4.03. The smallest absolute Gasteiger partial charge is 0.367 e. The van der Waals surface area contributed by atoms with Crippen LogP contribution in [0.1, 0.15) is 61.8 Å². The Morgan fingerprint density at radius 2 is 1.23 bits per heavy atom. The normalized spacial score (nSPS) is 16.1. The number of hydrogen-bond acceptors (Lipinski definition) is 11. The zero-order chi connectivity index (χ0) is 50.4. The first-order valence-corrected chi connectivity index (χ1v) is 34.3. The zero-order valence-corrected chi connectivity index (χ0v) is 46.5. The van der Waals surface area contributed by atoms with Crippen molar-refractivity contribution in [1.29, 1.82) is 0 Å². The van der Waals surface area contributed by atoms with Gasteiger partial charge in [-0.3, -0.25) is 9.57 Å². The van der Waals surface area contributed by atoms with E-state index in [1.54, 1.807) is 7.11 Å². The van der Waals surface area contributed by atoms with E-state index in [0.717, 1.165) is 60.0 Å². The molecule has 0 saturated carbocycles. The largest absolute Gasteiger partial charge is 0.493 e. The number of urea groups is 1. The highest BCUT2D eigenvalue weighted by Gasteiger charge is 2.42. The summed E-state index contributed by atoms with van der Waals surface area (Å²) in [5.41, 5.74) is 3.80. The molecule has 5 rings (SSSR count). The van der Waals surface area contributed by atoms with Gasteiger partial charge in [-0.25, -0.2) is 9.80 Å². The van der Waals surface area contributed by atoms with E-state index < -0.39 is 35.9 Å². The molecule has 4 aromatic carbocycles. The Labute approximate surface area is 421 Å². The van der Waals surface area contributed by atoms with Gasteiger partial charge in [-0.05, 0) is 77.9 Å². The SMILES string of the molecule is CCCCOP(=O)(COc1cccc(CN2C(=O)N(Cc3ccc(OCOCC[Si](C)(C)C)c(OC)c3)N(Cc3ccccc3)C[C@@H](OCOCC[Si](C)(C)C)[C@H]2Cc2ccccc2)c1)OCCCC. The minimum Gasteiger partial charge on any atom is -0.493 e. The summed E-state index contributed by atoms with van der Waals surface area (Å²) in [6.45, 7) is 21.5. The average molecular weight is 1020 g/mol. The van der Waals surface area contributed by atoms with Crippen LogP contribution < -0.4 is 14.2 Å². The third kappa shape index (κ3) is 19.9. The van der Waals surface area contributed by atoms with Crippen LogP contribution in [0.2, 0.25) is 51.4 Å². The Bertz CT molecular complexity index is 2160. The van der Waals surface area contributed by atoms with Crippen LogP contribution in [0, 0.1) is 0 Å². The lowest BCUT2D eigenvalue weighted by molar-refractivity contribution is -0.118. The molecular formula is C54H82N3O10PSi2. The fourth-order valence-corrected chi connectivity index (χ4v) is 10.6. The summed E-state index contributed by atoms with van der Waals surface area (Å²) >= 11 is 0. The molecule has 386 valence electrons. The molecule has 0 aromatic heterocycles. The summed E-state index contributed by atoms with van der Waals surface area (Å²) in [6, 6.07) is 35.3. The summed E-state index contributed by atoms with van der Waals surface area (Å²) in [4.78, 5) is 17.8. The Kier molecular flexibility index (Phi) is 23.5. The van der Waals surface area contributed by atoms with Crippen molar-refractivity contribution in [1.82, 2.24) is 14.9 Å². The second-order valence-corrected chi connectivity index (χ2v) is 33.7. The van der Waals surface area contributed by atoms with Gasteiger partial charge in [-0.2, -0.15) is 0 Å². The number of ether oxygens (including phenoxy) is 6. The number of amides is 2. The molecule has 70 heavy (non-hydrogen) atoms. The number of carbonyl (C=O) groups is 1. The molecule has 0 N–H and O–H groups in total. The predicted octanol–water partition coefficient (Wildman–Crippen LogP) is 12.7. The highest BCUT2D eigenvalue weighted by atomic mass is 31.2. The van der Waals surface area contributed by atoms with E-state index in [-0.39, 0.29) is 39.1 Å². The van der Waals surface area contributed by atoms with Crippen molar-refractivity contribution < 1.29 is 46.8 Å². The second kappa shape index (κ2) is 28.9. The van der Waals surface area contributed by atoms with Gasteiger partial charge in [-0.1, -0.05) is 145 Å². The van der Waals surface area contributed by atoms with Gasteiger partial charge in [0.25, 0.3) is 0 Å². The van der Waals surface area contributed by atoms with Crippen LogP contribution >= 0.6 is 7.60 Å². The number of methoxy groups -OCH3 is 1. The van der Waals surface area contributed by atoms with Gasteiger partial charge in [-0.15, -0.1) is 0 Å². The zero-order valence-electron chi connectivity index (χ0n) is 43.6. The molecule has 1 aliphatic rings. The minimum absolute atomic E-state index is 0.0895. The van der Waals surface area contributed by atoms with Crippen molar-refractivity contribution in [2.45, 2.75) is 129 Å². The van der Waals surface area contributed by atoms with Crippen LogP contribution in [0.3, 0.4) is 0 Å². The molecule has 2 amide bonds. The number of hydrazine groups is 1. The number of hydrogen-bond donors (Lipinski definition) is 0. The molecular weight excluding hydrogens is 938 g/mol. The first-order chi connectivity index (χ1) is 33.6. The molecule has 0 aliphatic carbocycles. The maximum absolute atomic E-state index is 15.8. The number of carbonyl (C=O) groups excluding carboxylic acids is 1. The van der Waals surface area contributed by atoms with Crippen molar-refractivity contribution in [2.24, 2.45) is 0 Å². The van der Waals surface area contributed by atoms with Crippen LogP contribution in [0.25, 0.3) is 0 Å². The van der Waals surface area contributed by atoms with Crippen LogP contribution in [-0.2, 0) is 53.9 Å². The molecule has 1 heterocycles. The van der Waals surface area contributed by atoms with E-state index in [1.165, 1.54) is 0 Å². The van der Waals surface area contributed by atoms with Gasteiger partial charge in [0.1, 0.15) is 12.5 Å². The maximum Gasteiger partial charge on any atom is 0.367 e. The Morgan fingerprint density at radius 3 is 1.84 bits per heavy atom. The molecule has 0 unspecified atom stereocenters. The molecule has 1 fully saturated rings. The van der Waals surface area contributed by atoms with E-state index in [2.05, 4.69) is 82.4 Å². The third-order valence-corrected chi connectivity index (χ3v) is 17.0. The second-order valence-electron chi connectivity index (χ2n) is 20.5. The van der Waals surface area contributed by atoms with E-state index in [1.807, 2.05) is 88.8 Å². The highest BCUT2D eigenvalue weighted by Crippen LogP contribution is 2.48. The molecule has 13 nitrogen and oxygen atoms in total. The van der Waals surface area contributed by atoms with E-state index >= 15 is 4.79 Å². The van der Waals surface area contributed by atoms with E-state index in [4.69, 9.17) is 37.5 Å². The molecule has 1 aliphatic heterocycles. The molecule has 1 saturated heterocycles. The summed E-state index contributed by atoms with van der Waals surface area (Å²) in [5.74, 6) is 1.61. The number of nitrogens with zero attached hydrogens (tertiary/aromatic N) is 3. The molecule has 2 atom stereocenters. The fraction of sp³-hybridized carbons (Fsp3) is 0.537. The Morgan fingerprint density at radius 1 is 0.629 bits per heavy atom. The number of benzene rings is 4. The van der Waals surface area contributed by atoms with E-state index in [9.17, 15) is 4.57 Å². The topological polar surface area (TPSA) is 118 Å². The lowest BCUT2D eigenvalue weighted by Crippen LogP contribution is -2.51. The first kappa shape index (κ1) is 56.9. The van der Waals surface area contributed by atoms with Crippen molar-refractivity contribution >= 4 is 29.8 Å². The molecule has 4 aromatic rings. The van der Waals surface area contributed by atoms with Gasteiger partial charge in [0, 0.05) is 49.0 Å². The van der Waals surface area contributed by atoms with Crippen molar-refractivity contribution in [2.75, 3.05) is 60.0 Å². The Balaban J connectivity index is 1.53. The quantitative estimate of drug-likeness (QED) is 0.0201. The van der Waals surface area contributed by atoms with Gasteiger partial charge < -0.3 is 42.4 Å². The van der Waals surface area contributed by atoms with E-state index in [0.29, 0.717) is 63.2 Å². The highest BCUT2D eigenvalue weighted by molar-refractivity contribution is 7.53. The molecule has 0 spiro atoms. The maximum atomic E-state index is 15.8. The minimum atomic E-state index is -3.54. The van der Waals surface area contributed by atoms with Gasteiger partial charge in [0.2, 0.25) is 0 Å². The fourth-order valence-electron chi connectivity index (χ4n) is 7.71. The monoisotopic (exact) mass is 1020 g/mol. The van der Waals surface area contributed by atoms with Crippen LogP contribution in [0.5, 0.6) is 17.2 Å². The van der Waals surface area contributed by atoms with Crippen LogP contribution in [0.15, 0.2) is 103 Å². The van der Waals surface area contributed by atoms with Crippen molar-refractivity contribution in [3.8, 4) is 17.2 Å². The van der Waals surface area contributed by atoms with Gasteiger partial charge in [0.05, 0.1) is 39.0 Å². The lowest BCUT2D eigenvalue weighted by Gasteiger charge is -2.36. The average Bonchev–Trinajstić information content (AvgIpc) is 3.41.